The molecule has 0 saturated carbocycles. The van der Waals surface area contributed by atoms with Crippen LogP contribution in [0.15, 0.2) is 0 Å². The van der Waals surface area contributed by atoms with Gasteiger partial charge in [-0.1, -0.05) is 31.9 Å². The highest BCUT2D eigenvalue weighted by molar-refractivity contribution is 9.25. The van der Waals surface area contributed by atoms with E-state index in [4.69, 9.17) is 15.9 Å². The Morgan fingerprint density at radius 3 is 1.88 bits per heavy atom. The molecular weight excluding hydrogens is 366 g/mol. The molecule has 0 radical (unpaired) electrons. The highest BCUT2D eigenvalue weighted by Crippen LogP contribution is 2.12. The molecule has 0 aliphatic rings. The first-order valence-corrected chi connectivity index (χ1v) is 6.34. The molecule has 0 aliphatic heterocycles. The number of ketones is 2. The maximum Gasteiger partial charge on any atom is 0.224 e. The predicted molar refractivity (Wildman–Crippen MR) is 64.7 cm³/mol. The molecule has 0 heterocycles. The van der Waals surface area contributed by atoms with Crippen LogP contribution in [0.2, 0.25) is 0 Å². The van der Waals surface area contributed by atoms with Crippen molar-refractivity contribution in [1.82, 2.24) is 0 Å². The van der Waals surface area contributed by atoms with Crippen molar-refractivity contribution in [3.63, 3.8) is 0 Å². The van der Waals surface area contributed by atoms with Crippen molar-refractivity contribution in [3.8, 4) is 0 Å². The molecule has 0 rings (SSSR count). The summed E-state index contributed by atoms with van der Waals surface area (Å²) in [5.74, 6) is -2.04. The lowest BCUT2D eigenvalue weighted by atomic mass is 9.97. The summed E-state index contributed by atoms with van der Waals surface area (Å²) in [6.45, 7) is -0.813. The number of aliphatic hydroxyl groups is 4. The van der Waals surface area contributed by atoms with Crippen LogP contribution in [-0.2, 0) is 9.59 Å². The van der Waals surface area contributed by atoms with Crippen LogP contribution in [0, 0.1) is 0 Å². The lowest BCUT2D eigenvalue weighted by Gasteiger charge is -2.25. The summed E-state index contributed by atoms with van der Waals surface area (Å²) in [5, 5.41) is 36.3. The maximum atomic E-state index is 11.4. The van der Waals surface area contributed by atoms with Crippen LogP contribution in [0.25, 0.3) is 0 Å². The Kier molecular flexibility index (Phi) is 7.56. The van der Waals surface area contributed by atoms with Gasteiger partial charge in [0.2, 0.25) is 11.6 Å². The van der Waals surface area contributed by atoms with Gasteiger partial charge in [-0.25, -0.2) is 0 Å². The number of hydrogen-bond acceptors (Lipinski definition) is 7. The van der Waals surface area contributed by atoms with Gasteiger partial charge >= 0.3 is 0 Å². The van der Waals surface area contributed by atoms with Gasteiger partial charge in [0.15, 0.2) is 0 Å². The van der Waals surface area contributed by atoms with Crippen LogP contribution in [0.3, 0.4) is 0 Å². The normalized spacial score (nSPS) is 18.6. The molecule has 9 heteroatoms. The summed E-state index contributed by atoms with van der Waals surface area (Å²) in [6.07, 6.45) is -5.33. The second-order valence-electron chi connectivity index (χ2n) is 3.29. The van der Waals surface area contributed by atoms with E-state index in [1.54, 1.807) is 0 Å². The first-order valence-electron chi connectivity index (χ1n) is 4.50. The van der Waals surface area contributed by atoms with E-state index in [-0.39, 0.29) is 0 Å². The number of rotatable bonds is 7. The number of Topliss-reactive ketones (excluding diaryl/α,β-unsaturated/α-hetero) is 2. The van der Waals surface area contributed by atoms with E-state index >= 15 is 0 Å². The van der Waals surface area contributed by atoms with Gasteiger partial charge in [-0.05, 0) is 0 Å². The Morgan fingerprint density at radius 2 is 1.53 bits per heavy atom. The Balaban J connectivity index is 4.65. The van der Waals surface area contributed by atoms with Crippen molar-refractivity contribution < 1.29 is 30.0 Å². The topological polar surface area (TPSA) is 141 Å². The predicted octanol–water partition coefficient (Wildman–Crippen LogP) is -2.36. The number of carbonyl (C=O) groups is 2. The third-order valence-electron chi connectivity index (χ3n) is 2.04. The Morgan fingerprint density at radius 1 is 1.06 bits per heavy atom. The maximum absolute atomic E-state index is 11.4. The van der Waals surface area contributed by atoms with Gasteiger partial charge in [0, 0.05) is 0 Å². The molecule has 0 unspecified atom stereocenters. The van der Waals surface area contributed by atoms with Gasteiger partial charge in [0.05, 0.1) is 6.61 Å². The van der Waals surface area contributed by atoms with Crippen molar-refractivity contribution in [2.75, 3.05) is 6.61 Å². The third-order valence-corrected chi connectivity index (χ3v) is 2.87. The summed E-state index contributed by atoms with van der Waals surface area (Å²) < 4.78 is -0.944. The minimum atomic E-state index is -1.85. The largest absolute Gasteiger partial charge is 0.394 e. The van der Waals surface area contributed by atoms with Crippen LogP contribution in [-0.4, -0.2) is 66.7 Å². The summed E-state index contributed by atoms with van der Waals surface area (Å²) in [6, 6.07) is -1.68. The molecule has 0 aromatic heterocycles. The third kappa shape index (κ3) is 4.70. The van der Waals surface area contributed by atoms with E-state index in [1.807, 2.05) is 0 Å². The molecule has 0 saturated heterocycles. The molecule has 0 aliphatic carbocycles. The van der Waals surface area contributed by atoms with Crippen LogP contribution in [0.4, 0.5) is 0 Å². The minimum Gasteiger partial charge on any atom is -0.394 e. The van der Waals surface area contributed by atoms with E-state index in [0.29, 0.717) is 0 Å². The smallest absolute Gasteiger partial charge is 0.224 e. The number of aliphatic hydroxyl groups excluding tert-OH is 4. The lowest BCUT2D eigenvalue weighted by Crippen LogP contribution is -2.54. The van der Waals surface area contributed by atoms with Gasteiger partial charge in [-0.2, -0.15) is 0 Å². The van der Waals surface area contributed by atoms with E-state index < -0.39 is 46.3 Å². The fourth-order valence-electron chi connectivity index (χ4n) is 0.975. The number of alkyl halides is 2. The van der Waals surface area contributed by atoms with Crippen molar-refractivity contribution >= 4 is 43.4 Å². The average Bonchev–Trinajstić information content (AvgIpc) is 2.32. The van der Waals surface area contributed by atoms with E-state index in [9.17, 15) is 19.8 Å². The Labute approximate surface area is 114 Å². The zero-order chi connectivity index (χ0) is 13.7. The molecule has 0 bridgehead atoms. The summed E-state index contributed by atoms with van der Waals surface area (Å²) in [5.41, 5.74) is 5.28. The molecule has 0 aromatic rings. The molecule has 17 heavy (non-hydrogen) atoms. The summed E-state index contributed by atoms with van der Waals surface area (Å²) >= 11 is 5.59. The molecule has 7 nitrogen and oxygen atoms in total. The number of nitrogens with two attached hydrogens (primary N) is 1. The van der Waals surface area contributed by atoms with Gasteiger partial charge in [-0.15, -0.1) is 0 Å². The molecule has 100 valence electrons. The van der Waals surface area contributed by atoms with Crippen molar-refractivity contribution in [2.24, 2.45) is 5.73 Å². The Bertz CT molecular complexity index is 287. The molecular formula is C8H13Br2NO6. The zero-order valence-electron chi connectivity index (χ0n) is 8.53. The van der Waals surface area contributed by atoms with Gasteiger partial charge in [0.1, 0.15) is 28.1 Å². The monoisotopic (exact) mass is 377 g/mol. The molecule has 0 aromatic carbocycles. The SMILES string of the molecule is N[C@H](C(=O)C(=O)C(Br)Br)[C@@H](O)[C@H](O)[C@H](O)CO. The number of carbonyl (C=O) groups excluding carboxylic acids is 2. The van der Waals surface area contributed by atoms with Gasteiger partial charge in [-0.3, -0.25) is 9.59 Å². The quantitative estimate of drug-likeness (QED) is 0.246. The van der Waals surface area contributed by atoms with E-state index in [1.165, 1.54) is 0 Å². The summed E-state index contributed by atoms with van der Waals surface area (Å²) in [4.78, 5) is 22.6. The lowest BCUT2D eigenvalue weighted by molar-refractivity contribution is -0.141. The standard InChI is InChI=1S/C8H13Br2NO6/c9-8(10)7(17)6(16)3(11)5(15)4(14)2(13)1-12/h2-5,8,12-15H,1,11H2/t2-,3+,4-,5-/m1/s1. The molecule has 4 atom stereocenters. The Hall–Kier alpha value is 0.100. The number of hydrogen-bond donors (Lipinski definition) is 5. The fourth-order valence-corrected chi connectivity index (χ4v) is 1.43. The minimum absolute atomic E-state index is 0.813. The van der Waals surface area contributed by atoms with E-state index in [0.717, 1.165) is 0 Å². The fraction of sp³-hybridized carbons (Fsp3) is 0.750. The average molecular weight is 379 g/mol. The number of halogens is 2. The summed E-state index contributed by atoms with van der Waals surface area (Å²) in [7, 11) is 0. The van der Waals surface area contributed by atoms with E-state index in [2.05, 4.69) is 31.9 Å². The van der Waals surface area contributed by atoms with Crippen LogP contribution in [0.1, 0.15) is 0 Å². The zero-order valence-corrected chi connectivity index (χ0v) is 11.7. The molecule has 0 amide bonds. The van der Waals surface area contributed by atoms with Crippen LogP contribution >= 0.6 is 31.9 Å². The van der Waals surface area contributed by atoms with Gasteiger partial charge < -0.3 is 26.2 Å². The first kappa shape index (κ1) is 17.1. The molecule has 0 spiro atoms. The van der Waals surface area contributed by atoms with Crippen LogP contribution < -0.4 is 5.73 Å². The van der Waals surface area contributed by atoms with Crippen molar-refractivity contribution in [1.29, 1.82) is 0 Å². The molecule has 0 fully saturated rings. The highest BCUT2D eigenvalue weighted by atomic mass is 79.9. The van der Waals surface area contributed by atoms with Crippen molar-refractivity contribution in [3.05, 3.63) is 0 Å². The first-order chi connectivity index (χ1) is 7.73. The van der Waals surface area contributed by atoms with Crippen LogP contribution in [0.5, 0.6) is 0 Å². The van der Waals surface area contributed by atoms with Crippen molar-refractivity contribution in [2.45, 2.75) is 28.1 Å². The second-order valence-corrected chi connectivity index (χ2v) is 6.35. The molecule has 6 N–H and O–H groups in total. The van der Waals surface area contributed by atoms with Gasteiger partial charge in [0.25, 0.3) is 0 Å². The highest BCUT2D eigenvalue weighted by Gasteiger charge is 2.36. The second kappa shape index (κ2) is 7.52.